The van der Waals surface area contributed by atoms with Crippen molar-refractivity contribution in [3.8, 4) is 0 Å². The van der Waals surface area contributed by atoms with Crippen LogP contribution in [0, 0.1) is 5.82 Å². The van der Waals surface area contributed by atoms with Crippen LogP contribution < -0.4 is 0 Å². The largest absolute Gasteiger partial charge is 0.378 e. The Bertz CT molecular complexity index is 500. The van der Waals surface area contributed by atoms with E-state index in [2.05, 4.69) is 4.90 Å². The first-order valence-electron chi connectivity index (χ1n) is 8.09. The van der Waals surface area contributed by atoms with Gasteiger partial charge in [-0.25, -0.2) is 4.39 Å². The van der Waals surface area contributed by atoms with E-state index in [9.17, 15) is 9.18 Å². The molecule has 1 unspecified atom stereocenters. The molecular formula is C17H23FN2O2. The van der Waals surface area contributed by atoms with Crippen LogP contribution in [-0.4, -0.2) is 55.1 Å². The molecule has 2 fully saturated rings. The molecule has 0 saturated carbocycles. The minimum atomic E-state index is -0.212. The summed E-state index contributed by atoms with van der Waals surface area (Å²) in [6, 6.07) is 6.92. The van der Waals surface area contributed by atoms with Crippen molar-refractivity contribution in [2.24, 2.45) is 0 Å². The number of ether oxygens (including phenoxy) is 1. The number of piperidine rings is 1. The zero-order chi connectivity index (χ0) is 15.4. The van der Waals surface area contributed by atoms with Crippen LogP contribution >= 0.6 is 0 Å². The van der Waals surface area contributed by atoms with Gasteiger partial charge in [0.2, 0.25) is 5.91 Å². The van der Waals surface area contributed by atoms with E-state index in [1.165, 1.54) is 12.1 Å². The quantitative estimate of drug-likeness (QED) is 0.858. The molecule has 5 heteroatoms. The van der Waals surface area contributed by atoms with Crippen molar-refractivity contribution < 1.29 is 13.9 Å². The number of hydrogen-bond acceptors (Lipinski definition) is 3. The first-order valence-corrected chi connectivity index (χ1v) is 8.09. The fraction of sp³-hybridized carbons (Fsp3) is 0.588. The molecule has 2 heterocycles. The van der Waals surface area contributed by atoms with Gasteiger partial charge in [0.1, 0.15) is 5.82 Å². The van der Waals surface area contributed by atoms with Crippen molar-refractivity contribution in [2.45, 2.75) is 25.3 Å². The molecule has 0 radical (unpaired) electrons. The lowest BCUT2D eigenvalue weighted by Gasteiger charge is -2.37. The molecule has 2 aliphatic heterocycles. The highest BCUT2D eigenvalue weighted by molar-refractivity contribution is 5.78. The van der Waals surface area contributed by atoms with Crippen molar-refractivity contribution in [3.05, 3.63) is 35.6 Å². The summed E-state index contributed by atoms with van der Waals surface area (Å²) in [7, 11) is 0. The second-order valence-corrected chi connectivity index (χ2v) is 6.03. The molecule has 0 bridgehead atoms. The summed E-state index contributed by atoms with van der Waals surface area (Å²) in [5.74, 6) is -0.0344. The maximum Gasteiger partial charge on any atom is 0.236 e. The first kappa shape index (κ1) is 15.4. The second-order valence-electron chi connectivity index (χ2n) is 6.03. The Kier molecular flexibility index (Phi) is 5.05. The van der Waals surface area contributed by atoms with E-state index in [-0.39, 0.29) is 17.8 Å². The molecule has 0 aliphatic carbocycles. The van der Waals surface area contributed by atoms with Gasteiger partial charge in [0.15, 0.2) is 0 Å². The van der Waals surface area contributed by atoms with Gasteiger partial charge in [0, 0.05) is 19.1 Å². The lowest BCUT2D eigenvalue weighted by atomic mass is 9.95. The summed E-state index contributed by atoms with van der Waals surface area (Å²) >= 11 is 0. The molecule has 1 aromatic carbocycles. The number of morpholine rings is 1. The molecule has 0 aromatic heterocycles. The highest BCUT2D eigenvalue weighted by Crippen LogP contribution is 2.30. The van der Waals surface area contributed by atoms with Gasteiger partial charge in [-0.2, -0.15) is 0 Å². The maximum atomic E-state index is 13.1. The van der Waals surface area contributed by atoms with Crippen LogP contribution in [0.15, 0.2) is 24.3 Å². The monoisotopic (exact) mass is 306 g/mol. The van der Waals surface area contributed by atoms with Crippen molar-refractivity contribution in [3.63, 3.8) is 0 Å². The van der Waals surface area contributed by atoms with Gasteiger partial charge in [0.05, 0.1) is 19.8 Å². The van der Waals surface area contributed by atoms with E-state index in [1.54, 1.807) is 0 Å². The summed E-state index contributed by atoms with van der Waals surface area (Å²) in [5.41, 5.74) is 1.11. The highest BCUT2D eigenvalue weighted by atomic mass is 19.1. The Morgan fingerprint density at radius 3 is 2.59 bits per heavy atom. The lowest BCUT2D eigenvalue weighted by Crippen LogP contribution is -2.47. The molecule has 0 spiro atoms. The van der Waals surface area contributed by atoms with Crippen molar-refractivity contribution >= 4 is 5.91 Å². The topological polar surface area (TPSA) is 32.8 Å². The number of nitrogens with zero attached hydrogens (tertiary/aromatic N) is 2. The molecule has 2 aliphatic rings. The number of amides is 1. The molecule has 1 aromatic rings. The van der Waals surface area contributed by atoms with Gasteiger partial charge in [0.25, 0.3) is 0 Å². The highest BCUT2D eigenvalue weighted by Gasteiger charge is 2.27. The van der Waals surface area contributed by atoms with Crippen molar-refractivity contribution in [1.82, 2.24) is 9.80 Å². The lowest BCUT2D eigenvalue weighted by molar-refractivity contribution is -0.137. The molecule has 22 heavy (non-hydrogen) atoms. The van der Waals surface area contributed by atoms with Gasteiger partial charge in [-0.05, 0) is 37.1 Å². The number of benzene rings is 1. The van der Waals surface area contributed by atoms with E-state index in [4.69, 9.17) is 4.74 Å². The Balaban J connectivity index is 1.66. The van der Waals surface area contributed by atoms with Crippen LogP contribution in [-0.2, 0) is 9.53 Å². The normalized spacial score (nSPS) is 23.5. The third-order valence-corrected chi connectivity index (χ3v) is 4.57. The third-order valence-electron chi connectivity index (χ3n) is 4.57. The molecule has 0 N–H and O–H groups in total. The standard InChI is InChI=1S/C17H23FN2O2/c18-15-6-4-14(5-7-15)16-3-1-2-8-20(16)13-17(21)19-9-11-22-12-10-19/h4-7,16H,1-3,8-13H2. The second kappa shape index (κ2) is 7.20. The summed E-state index contributed by atoms with van der Waals surface area (Å²) in [6.45, 7) is 4.02. The van der Waals surface area contributed by atoms with Crippen LogP contribution in [0.1, 0.15) is 30.9 Å². The van der Waals surface area contributed by atoms with Crippen LogP contribution in [0.5, 0.6) is 0 Å². The average molecular weight is 306 g/mol. The summed E-state index contributed by atoms with van der Waals surface area (Å²) in [5, 5.41) is 0. The van der Waals surface area contributed by atoms with Crippen LogP contribution in [0.25, 0.3) is 0 Å². The van der Waals surface area contributed by atoms with Crippen molar-refractivity contribution in [2.75, 3.05) is 39.4 Å². The smallest absolute Gasteiger partial charge is 0.236 e. The first-order chi connectivity index (χ1) is 10.7. The minimum absolute atomic E-state index is 0.178. The van der Waals surface area contributed by atoms with Crippen LogP contribution in [0.4, 0.5) is 4.39 Å². The Morgan fingerprint density at radius 2 is 1.86 bits per heavy atom. The predicted molar refractivity (Wildman–Crippen MR) is 82.0 cm³/mol. The summed E-state index contributed by atoms with van der Waals surface area (Å²) in [4.78, 5) is 16.6. The minimum Gasteiger partial charge on any atom is -0.378 e. The Hall–Kier alpha value is -1.46. The zero-order valence-corrected chi connectivity index (χ0v) is 12.8. The number of carbonyl (C=O) groups excluding carboxylic acids is 1. The predicted octanol–water partition coefficient (Wildman–Crippen LogP) is 2.21. The molecule has 1 amide bonds. The van der Waals surface area contributed by atoms with E-state index >= 15 is 0 Å². The van der Waals surface area contributed by atoms with Gasteiger partial charge < -0.3 is 9.64 Å². The van der Waals surface area contributed by atoms with Crippen molar-refractivity contribution in [1.29, 1.82) is 0 Å². The third kappa shape index (κ3) is 3.65. The summed E-state index contributed by atoms with van der Waals surface area (Å²) < 4.78 is 18.4. The Labute approximate surface area is 130 Å². The number of halogens is 1. The number of hydrogen-bond donors (Lipinski definition) is 0. The van der Waals surface area contributed by atoms with Crippen LogP contribution in [0.2, 0.25) is 0 Å². The van der Waals surface area contributed by atoms with Gasteiger partial charge in [-0.1, -0.05) is 18.6 Å². The van der Waals surface area contributed by atoms with Gasteiger partial charge >= 0.3 is 0 Å². The van der Waals surface area contributed by atoms with E-state index < -0.39 is 0 Å². The fourth-order valence-electron chi connectivity index (χ4n) is 3.33. The maximum absolute atomic E-state index is 13.1. The Morgan fingerprint density at radius 1 is 1.14 bits per heavy atom. The number of carbonyl (C=O) groups is 1. The van der Waals surface area contributed by atoms with E-state index in [0.29, 0.717) is 32.8 Å². The number of likely N-dealkylation sites (tertiary alicyclic amines) is 1. The van der Waals surface area contributed by atoms with Gasteiger partial charge in [-0.3, -0.25) is 9.69 Å². The summed E-state index contributed by atoms with van der Waals surface area (Å²) in [6.07, 6.45) is 3.31. The molecular weight excluding hydrogens is 283 g/mol. The average Bonchev–Trinajstić information content (AvgIpc) is 2.57. The molecule has 120 valence electrons. The number of rotatable bonds is 3. The zero-order valence-electron chi connectivity index (χ0n) is 12.8. The van der Waals surface area contributed by atoms with E-state index in [1.807, 2.05) is 17.0 Å². The molecule has 3 rings (SSSR count). The van der Waals surface area contributed by atoms with E-state index in [0.717, 1.165) is 31.4 Å². The molecule has 4 nitrogen and oxygen atoms in total. The van der Waals surface area contributed by atoms with Crippen LogP contribution in [0.3, 0.4) is 0 Å². The van der Waals surface area contributed by atoms with Gasteiger partial charge in [-0.15, -0.1) is 0 Å². The molecule has 2 saturated heterocycles. The molecule has 1 atom stereocenters. The fourth-order valence-corrected chi connectivity index (χ4v) is 3.33. The SMILES string of the molecule is O=C(CN1CCCCC1c1ccc(F)cc1)N1CCOCC1.